The zero-order chi connectivity index (χ0) is 57.6. The molecule has 0 aliphatic rings. The molecule has 0 saturated heterocycles. The van der Waals surface area contributed by atoms with Crippen LogP contribution in [0.25, 0.3) is 112 Å². The zero-order valence-corrected chi connectivity index (χ0v) is 49.7. The SMILES string of the molecule is CC(C)(C)c1ccc(-c2c(-c3ccc(C(C)(C)C)cc3)c(-c3cc(-c4ccccc4)nc(-c4ccccc4)n3)c(-c3ccc(C(C)(C)C)cc3)c(-c3ccc(C(C)(C)C)cc3)c2-c2cc(-c3ccccc3)nc(-c3ccccc3)n2)cc1. The average Bonchev–Trinajstić information content (AvgIpc) is 3.67. The summed E-state index contributed by atoms with van der Waals surface area (Å²) in [5.41, 5.74) is 22.2. The largest absolute Gasteiger partial charge is 0.228 e. The van der Waals surface area contributed by atoms with Gasteiger partial charge in [-0.15, -0.1) is 0 Å². The van der Waals surface area contributed by atoms with Crippen LogP contribution in [0.4, 0.5) is 0 Å². The van der Waals surface area contributed by atoms with Gasteiger partial charge in [0.2, 0.25) is 0 Å². The minimum atomic E-state index is -0.0916. The molecule has 4 nitrogen and oxygen atoms in total. The molecule has 82 heavy (non-hydrogen) atoms. The van der Waals surface area contributed by atoms with Crippen LogP contribution in [0.3, 0.4) is 0 Å². The molecule has 0 aliphatic carbocycles. The van der Waals surface area contributed by atoms with Crippen molar-refractivity contribution in [3.63, 3.8) is 0 Å². The molecule has 0 radical (unpaired) electrons. The van der Waals surface area contributed by atoms with Gasteiger partial charge in [0.25, 0.3) is 0 Å². The van der Waals surface area contributed by atoms with Crippen molar-refractivity contribution in [2.45, 2.75) is 105 Å². The van der Waals surface area contributed by atoms with E-state index < -0.39 is 0 Å². The molecule has 11 rings (SSSR count). The number of rotatable bonds is 10. The number of aromatic nitrogens is 4. The Morgan fingerprint density at radius 2 is 0.402 bits per heavy atom. The van der Waals surface area contributed by atoms with E-state index in [-0.39, 0.29) is 21.7 Å². The van der Waals surface area contributed by atoms with Crippen molar-refractivity contribution in [3.8, 4) is 112 Å². The number of hydrogen-bond acceptors (Lipinski definition) is 4. The van der Waals surface area contributed by atoms with Crippen LogP contribution in [0.1, 0.15) is 105 Å². The van der Waals surface area contributed by atoms with E-state index in [9.17, 15) is 0 Å². The molecule has 11 aromatic rings. The molecular weight excluding hydrogens is 993 g/mol. The number of nitrogens with zero attached hydrogens (tertiary/aromatic N) is 4. The van der Waals surface area contributed by atoms with Crippen LogP contribution < -0.4 is 0 Å². The van der Waals surface area contributed by atoms with Gasteiger partial charge in [-0.2, -0.15) is 0 Å². The Labute approximate surface area is 487 Å². The van der Waals surface area contributed by atoms with Gasteiger partial charge < -0.3 is 0 Å². The Kier molecular flexibility index (Phi) is 14.7. The van der Waals surface area contributed by atoms with E-state index in [0.29, 0.717) is 11.6 Å². The molecule has 406 valence electrons. The molecule has 9 aromatic carbocycles. The van der Waals surface area contributed by atoms with Crippen molar-refractivity contribution in [2.24, 2.45) is 0 Å². The van der Waals surface area contributed by atoms with Gasteiger partial charge in [-0.05, 0) is 78.3 Å². The van der Waals surface area contributed by atoms with Crippen LogP contribution >= 0.6 is 0 Å². The maximum Gasteiger partial charge on any atom is 0.160 e. The van der Waals surface area contributed by atoms with Gasteiger partial charge in [0.15, 0.2) is 11.6 Å². The molecular formula is C78H74N4. The van der Waals surface area contributed by atoms with Crippen LogP contribution in [0.5, 0.6) is 0 Å². The van der Waals surface area contributed by atoms with E-state index in [1.165, 1.54) is 22.3 Å². The smallest absolute Gasteiger partial charge is 0.160 e. The second kappa shape index (κ2) is 21.9. The predicted molar refractivity (Wildman–Crippen MR) is 347 cm³/mol. The Balaban J connectivity index is 1.44. The van der Waals surface area contributed by atoms with E-state index in [2.05, 4.69) is 314 Å². The molecule has 0 bridgehead atoms. The van der Waals surface area contributed by atoms with Gasteiger partial charge in [0.05, 0.1) is 22.8 Å². The first kappa shape index (κ1) is 55.1. The normalized spacial score (nSPS) is 12.1. The summed E-state index contributed by atoms with van der Waals surface area (Å²) in [6.45, 7) is 27.4. The fourth-order valence-electron chi connectivity index (χ4n) is 11.1. The zero-order valence-electron chi connectivity index (χ0n) is 49.7. The van der Waals surface area contributed by atoms with Gasteiger partial charge >= 0.3 is 0 Å². The van der Waals surface area contributed by atoms with Crippen molar-refractivity contribution in [2.75, 3.05) is 0 Å². The van der Waals surface area contributed by atoms with Crippen molar-refractivity contribution in [1.29, 1.82) is 0 Å². The molecule has 0 aliphatic heterocycles. The first-order chi connectivity index (χ1) is 39.2. The van der Waals surface area contributed by atoms with Crippen LogP contribution in [0.2, 0.25) is 0 Å². The summed E-state index contributed by atoms with van der Waals surface area (Å²) in [7, 11) is 0. The topological polar surface area (TPSA) is 51.6 Å². The third-order valence-corrected chi connectivity index (χ3v) is 15.8. The Morgan fingerprint density at radius 3 is 0.622 bits per heavy atom. The summed E-state index contributed by atoms with van der Waals surface area (Å²) < 4.78 is 0. The summed E-state index contributed by atoms with van der Waals surface area (Å²) in [6, 6.07) is 83.6. The highest BCUT2D eigenvalue weighted by atomic mass is 14.9. The standard InChI is InChI=1S/C78H74N4/c1-75(2,3)59-41-33-53(34-42-59)67-68(54-35-43-60(44-36-54)76(4,5)6)72(66-50-64(52-27-19-14-20-28-52)80-74(82-66)58-31-23-16-24-32-58)70(56-39-47-62(48-40-56)78(10,11)12)69(55-37-45-61(46-38-55)77(7,8)9)71(67)65-49-63(51-25-17-13-18-26-51)79-73(81-65)57-29-21-15-22-30-57/h13-50H,1-12H3. The second-order valence-electron chi connectivity index (χ2n) is 25.9. The lowest BCUT2D eigenvalue weighted by atomic mass is 9.74. The van der Waals surface area contributed by atoms with E-state index in [4.69, 9.17) is 19.9 Å². The molecule has 0 saturated carbocycles. The molecule has 4 heteroatoms. The highest BCUT2D eigenvalue weighted by Crippen LogP contribution is 2.57. The summed E-state index contributed by atoms with van der Waals surface area (Å²) in [5, 5.41) is 0. The fourth-order valence-corrected chi connectivity index (χ4v) is 11.1. The van der Waals surface area contributed by atoms with Gasteiger partial charge in [-0.25, -0.2) is 19.9 Å². The van der Waals surface area contributed by atoms with Crippen LogP contribution in [0, 0.1) is 0 Å². The summed E-state index contributed by atoms with van der Waals surface area (Å²) in [5.74, 6) is 1.29. The van der Waals surface area contributed by atoms with Gasteiger partial charge in [0.1, 0.15) is 0 Å². The first-order valence-electron chi connectivity index (χ1n) is 28.9. The molecule has 2 heterocycles. The average molecular weight is 1070 g/mol. The Hall–Kier alpha value is -8.86. The van der Waals surface area contributed by atoms with E-state index in [0.717, 1.165) is 101 Å². The van der Waals surface area contributed by atoms with Crippen molar-refractivity contribution in [3.05, 3.63) is 253 Å². The lowest BCUT2D eigenvalue weighted by molar-refractivity contribution is 0.590. The van der Waals surface area contributed by atoms with Crippen molar-refractivity contribution < 1.29 is 0 Å². The van der Waals surface area contributed by atoms with Gasteiger partial charge in [-0.1, -0.05) is 301 Å². The number of hydrogen-bond donors (Lipinski definition) is 0. The predicted octanol–water partition coefficient (Wildman–Crippen LogP) is 21.1. The molecule has 0 atom stereocenters. The molecule has 0 spiro atoms. The molecule has 0 amide bonds. The molecule has 2 aromatic heterocycles. The van der Waals surface area contributed by atoms with Crippen molar-refractivity contribution in [1.82, 2.24) is 19.9 Å². The molecule has 0 unspecified atom stereocenters. The lowest BCUT2D eigenvalue weighted by Crippen LogP contribution is -2.12. The van der Waals surface area contributed by atoms with E-state index in [1.54, 1.807) is 0 Å². The molecule has 0 N–H and O–H groups in total. The first-order valence-corrected chi connectivity index (χ1v) is 28.9. The second-order valence-corrected chi connectivity index (χ2v) is 25.9. The van der Waals surface area contributed by atoms with Crippen LogP contribution in [-0.2, 0) is 21.7 Å². The highest BCUT2D eigenvalue weighted by Gasteiger charge is 2.33. The quantitative estimate of drug-likeness (QED) is 0.137. The van der Waals surface area contributed by atoms with Gasteiger partial charge in [0, 0.05) is 55.6 Å². The fraction of sp³-hybridized carbons (Fsp3) is 0.205. The monoisotopic (exact) mass is 1070 g/mol. The maximum atomic E-state index is 5.82. The summed E-state index contributed by atoms with van der Waals surface area (Å²) in [4.78, 5) is 22.5. The van der Waals surface area contributed by atoms with Crippen LogP contribution in [0.15, 0.2) is 231 Å². The van der Waals surface area contributed by atoms with E-state index >= 15 is 0 Å². The lowest BCUT2D eigenvalue weighted by Gasteiger charge is -2.30. The summed E-state index contributed by atoms with van der Waals surface area (Å²) >= 11 is 0. The Bertz CT molecular complexity index is 3500. The number of benzene rings is 9. The third-order valence-electron chi connectivity index (χ3n) is 15.8. The van der Waals surface area contributed by atoms with Gasteiger partial charge in [-0.3, -0.25) is 0 Å². The summed E-state index contributed by atoms with van der Waals surface area (Å²) in [6.07, 6.45) is 0. The molecule has 0 fully saturated rings. The Morgan fingerprint density at radius 1 is 0.195 bits per heavy atom. The maximum absolute atomic E-state index is 5.82. The van der Waals surface area contributed by atoms with Crippen molar-refractivity contribution >= 4 is 0 Å². The van der Waals surface area contributed by atoms with Crippen LogP contribution in [-0.4, -0.2) is 19.9 Å². The highest BCUT2D eigenvalue weighted by molar-refractivity contribution is 6.15. The third kappa shape index (κ3) is 11.4. The minimum absolute atomic E-state index is 0.0916. The van der Waals surface area contributed by atoms with E-state index in [1.807, 2.05) is 0 Å². The minimum Gasteiger partial charge on any atom is -0.228 e.